The first kappa shape index (κ1) is 21.6. The van der Waals surface area contributed by atoms with Crippen LogP contribution in [0.15, 0.2) is 22.5 Å². The van der Waals surface area contributed by atoms with Crippen LogP contribution in [0.1, 0.15) is 31.9 Å². The lowest BCUT2D eigenvalue weighted by atomic mass is 10.1. The van der Waals surface area contributed by atoms with Crippen molar-refractivity contribution in [2.24, 2.45) is 0 Å². The molecule has 2 aromatic rings. The number of nitrogens with one attached hydrogen (secondary N) is 1. The zero-order valence-electron chi connectivity index (χ0n) is 16.2. The third-order valence-electron chi connectivity index (χ3n) is 3.81. The smallest absolute Gasteiger partial charge is 0.249 e. The summed E-state index contributed by atoms with van der Waals surface area (Å²) in [4.78, 5) is 12.7. The largest absolute Gasteiger partial charge is 0.299 e. The quantitative estimate of drug-likeness (QED) is 0.536. The summed E-state index contributed by atoms with van der Waals surface area (Å²) in [5, 5.41) is 11.4. The Morgan fingerprint density at radius 1 is 1.19 bits per heavy atom. The minimum atomic E-state index is -3.66. The van der Waals surface area contributed by atoms with Crippen molar-refractivity contribution >= 4 is 49.8 Å². The zero-order chi connectivity index (χ0) is 20.4. The second-order valence-corrected chi connectivity index (χ2v) is 11.2. The number of anilines is 2. The highest BCUT2D eigenvalue weighted by molar-refractivity contribution is 8.01. The van der Waals surface area contributed by atoms with Crippen LogP contribution in [0, 0.1) is 13.8 Å². The molecule has 0 aliphatic rings. The van der Waals surface area contributed by atoms with Crippen molar-refractivity contribution in [1.82, 2.24) is 10.2 Å². The first-order valence-electron chi connectivity index (χ1n) is 8.36. The number of aromatic nitrogens is 2. The highest BCUT2D eigenvalue weighted by Gasteiger charge is 2.30. The maximum absolute atomic E-state index is 12.7. The number of nitrogens with zero attached hydrogens (tertiary/aromatic N) is 3. The van der Waals surface area contributed by atoms with Gasteiger partial charge in [0.1, 0.15) is 6.04 Å². The second-order valence-electron chi connectivity index (χ2n) is 6.53. The molecule has 2 rings (SSSR count). The molecule has 0 saturated heterocycles. The van der Waals surface area contributed by atoms with Gasteiger partial charge >= 0.3 is 0 Å². The van der Waals surface area contributed by atoms with Gasteiger partial charge in [0.15, 0.2) is 4.34 Å². The molecule has 7 nitrogen and oxygen atoms in total. The minimum Gasteiger partial charge on any atom is -0.299 e. The molecule has 0 fully saturated rings. The maximum Gasteiger partial charge on any atom is 0.249 e. The zero-order valence-corrected chi connectivity index (χ0v) is 18.6. The Hall–Kier alpha value is -1.65. The van der Waals surface area contributed by atoms with Crippen LogP contribution in [0.4, 0.5) is 10.8 Å². The van der Waals surface area contributed by atoms with Gasteiger partial charge in [-0.2, -0.15) is 0 Å². The van der Waals surface area contributed by atoms with Crippen LogP contribution in [-0.2, 0) is 14.8 Å². The Balaban J connectivity index is 2.24. The number of benzene rings is 1. The monoisotopic (exact) mass is 428 g/mol. The van der Waals surface area contributed by atoms with Gasteiger partial charge in [0, 0.05) is 5.25 Å². The summed E-state index contributed by atoms with van der Waals surface area (Å²) < 4.78 is 26.6. The second kappa shape index (κ2) is 8.57. The molecule has 0 spiro atoms. The average Bonchev–Trinajstić information content (AvgIpc) is 2.95. The Morgan fingerprint density at radius 3 is 2.41 bits per heavy atom. The lowest BCUT2D eigenvalue weighted by Crippen LogP contribution is -2.45. The number of carbonyl (C=O) groups excluding carboxylic acids is 1. The van der Waals surface area contributed by atoms with Crippen LogP contribution in [0.3, 0.4) is 0 Å². The molecule has 0 unspecified atom stereocenters. The van der Waals surface area contributed by atoms with Crippen molar-refractivity contribution in [3.8, 4) is 0 Å². The number of sulfonamides is 1. The normalized spacial score (nSPS) is 12.9. The van der Waals surface area contributed by atoms with Gasteiger partial charge in [-0.15, -0.1) is 10.2 Å². The molecule has 0 bridgehead atoms. The van der Waals surface area contributed by atoms with Crippen molar-refractivity contribution in [1.29, 1.82) is 0 Å². The number of thioether (sulfide) groups is 1. The van der Waals surface area contributed by atoms with E-state index >= 15 is 0 Å². The Labute approximate surface area is 168 Å². The molecule has 10 heteroatoms. The van der Waals surface area contributed by atoms with Crippen molar-refractivity contribution in [2.45, 2.75) is 50.3 Å². The molecule has 1 N–H and O–H groups in total. The number of carbonyl (C=O) groups is 1. The number of hydrogen-bond donors (Lipinski definition) is 1. The summed E-state index contributed by atoms with van der Waals surface area (Å²) in [6, 6.07) is 4.37. The van der Waals surface area contributed by atoms with Crippen LogP contribution >= 0.6 is 23.1 Å². The number of aryl methyl sites for hydroxylation is 2. The van der Waals surface area contributed by atoms with E-state index in [-0.39, 0.29) is 0 Å². The number of rotatable bonds is 7. The van der Waals surface area contributed by atoms with Gasteiger partial charge in [0.05, 0.1) is 11.9 Å². The van der Waals surface area contributed by atoms with E-state index in [2.05, 4.69) is 15.5 Å². The van der Waals surface area contributed by atoms with Crippen LogP contribution in [0.2, 0.25) is 0 Å². The van der Waals surface area contributed by atoms with E-state index in [4.69, 9.17) is 0 Å². The third kappa shape index (κ3) is 5.66. The SMILES string of the molecule is Cc1ccc(N([C@@H](C)C(=O)Nc2nnc(SC(C)C)s2)S(C)(=O)=O)cc1C. The first-order chi connectivity index (χ1) is 12.5. The summed E-state index contributed by atoms with van der Waals surface area (Å²) in [5.74, 6) is -0.462. The molecule has 1 atom stereocenters. The van der Waals surface area contributed by atoms with Gasteiger partial charge in [0.25, 0.3) is 0 Å². The molecular weight excluding hydrogens is 404 g/mol. The summed E-state index contributed by atoms with van der Waals surface area (Å²) in [5.41, 5.74) is 2.46. The third-order valence-corrected chi connectivity index (χ3v) is 6.97. The van der Waals surface area contributed by atoms with Crippen LogP contribution in [-0.4, -0.2) is 42.1 Å². The van der Waals surface area contributed by atoms with Gasteiger partial charge in [-0.05, 0) is 44.0 Å². The molecule has 0 radical (unpaired) electrons. The standard InChI is InChI=1S/C17H24N4O3S3/c1-10(2)25-17-20-19-16(26-17)18-15(22)13(5)21(27(6,23)24)14-8-7-11(3)12(4)9-14/h7-10,13H,1-6H3,(H,18,19,22)/t13-/m0/s1. The van der Waals surface area contributed by atoms with E-state index in [0.717, 1.165) is 26.0 Å². The Morgan fingerprint density at radius 2 is 1.85 bits per heavy atom. The minimum absolute atomic E-state index is 0.350. The first-order valence-corrected chi connectivity index (χ1v) is 11.9. The van der Waals surface area contributed by atoms with E-state index in [1.54, 1.807) is 30.8 Å². The fourth-order valence-electron chi connectivity index (χ4n) is 2.39. The van der Waals surface area contributed by atoms with Gasteiger partial charge in [-0.1, -0.05) is 43.0 Å². The van der Waals surface area contributed by atoms with E-state index in [1.807, 2.05) is 33.8 Å². The van der Waals surface area contributed by atoms with E-state index in [1.165, 1.54) is 11.3 Å². The van der Waals surface area contributed by atoms with Crippen LogP contribution < -0.4 is 9.62 Å². The van der Waals surface area contributed by atoms with Crippen molar-refractivity contribution in [3.05, 3.63) is 29.3 Å². The fraction of sp³-hybridized carbons (Fsp3) is 0.471. The van der Waals surface area contributed by atoms with Gasteiger partial charge in [-0.3, -0.25) is 14.4 Å². The van der Waals surface area contributed by atoms with Gasteiger partial charge in [0.2, 0.25) is 21.1 Å². The molecule has 1 heterocycles. The van der Waals surface area contributed by atoms with E-state index < -0.39 is 22.0 Å². The molecule has 148 valence electrons. The molecule has 0 aliphatic heterocycles. The summed E-state index contributed by atoms with van der Waals surface area (Å²) in [7, 11) is -3.66. The molecule has 1 aromatic carbocycles. The molecule has 0 aliphatic carbocycles. The average molecular weight is 429 g/mol. The van der Waals surface area contributed by atoms with Gasteiger partial charge in [-0.25, -0.2) is 8.42 Å². The summed E-state index contributed by atoms with van der Waals surface area (Å²) in [6.45, 7) is 9.48. The maximum atomic E-state index is 12.7. The molecule has 1 aromatic heterocycles. The summed E-state index contributed by atoms with van der Waals surface area (Å²) >= 11 is 2.82. The number of amides is 1. The van der Waals surface area contributed by atoms with E-state index in [0.29, 0.717) is 16.1 Å². The van der Waals surface area contributed by atoms with Crippen molar-refractivity contribution < 1.29 is 13.2 Å². The van der Waals surface area contributed by atoms with Gasteiger partial charge < -0.3 is 0 Å². The molecule has 1 amide bonds. The van der Waals surface area contributed by atoms with Crippen molar-refractivity contribution in [3.63, 3.8) is 0 Å². The summed E-state index contributed by atoms with van der Waals surface area (Å²) in [6.07, 6.45) is 1.09. The number of hydrogen-bond acceptors (Lipinski definition) is 7. The van der Waals surface area contributed by atoms with Crippen LogP contribution in [0.25, 0.3) is 0 Å². The molecule has 0 saturated carbocycles. The molecule has 27 heavy (non-hydrogen) atoms. The lowest BCUT2D eigenvalue weighted by molar-refractivity contribution is -0.116. The predicted octanol–water partition coefficient (Wildman–Crippen LogP) is 3.45. The predicted molar refractivity (Wildman–Crippen MR) is 112 cm³/mol. The van der Waals surface area contributed by atoms with Crippen LogP contribution in [0.5, 0.6) is 0 Å². The van der Waals surface area contributed by atoms with Crippen molar-refractivity contribution in [2.75, 3.05) is 15.9 Å². The fourth-order valence-corrected chi connectivity index (χ4v) is 5.54. The molecular formula is C17H24N4O3S3. The Kier molecular flexibility index (Phi) is 6.87. The lowest BCUT2D eigenvalue weighted by Gasteiger charge is -2.28. The highest BCUT2D eigenvalue weighted by Crippen LogP contribution is 2.29. The topological polar surface area (TPSA) is 92.3 Å². The Bertz CT molecular complexity index is 925. The van der Waals surface area contributed by atoms with E-state index in [9.17, 15) is 13.2 Å². The highest BCUT2D eigenvalue weighted by atomic mass is 32.2.